The van der Waals surface area contributed by atoms with Gasteiger partial charge in [-0.25, -0.2) is 9.80 Å². The van der Waals surface area contributed by atoms with Gasteiger partial charge in [0.05, 0.1) is 5.92 Å². The zero-order chi connectivity index (χ0) is 29.5. The monoisotopic (exact) mass is 555 g/mol. The van der Waals surface area contributed by atoms with Crippen molar-refractivity contribution in [1.82, 2.24) is 5.01 Å². The van der Waals surface area contributed by atoms with E-state index in [0.717, 1.165) is 48.8 Å². The molecule has 0 aromatic heterocycles. The third kappa shape index (κ3) is 6.37. The second kappa shape index (κ2) is 13.4. The first kappa shape index (κ1) is 29.6. The molecule has 0 saturated heterocycles. The fourth-order valence-corrected chi connectivity index (χ4v) is 5.41. The Hall–Kier alpha value is -4.33. The molecule has 216 valence electrons. The van der Waals surface area contributed by atoms with Crippen molar-refractivity contribution >= 4 is 46.0 Å². The number of carbonyl (C=O) groups is 2. The highest BCUT2D eigenvalue weighted by Gasteiger charge is 2.38. The van der Waals surface area contributed by atoms with Crippen LogP contribution in [0.2, 0.25) is 0 Å². The Labute approximate surface area is 243 Å². The van der Waals surface area contributed by atoms with Crippen LogP contribution in [0.15, 0.2) is 77.9 Å². The number of nitrogens with zero attached hydrogens (tertiary/aromatic N) is 5. The maximum Gasteiger partial charge on any atom is 0.352 e. The zero-order valence-electron chi connectivity index (χ0n) is 24.7. The van der Waals surface area contributed by atoms with Gasteiger partial charge in [-0.05, 0) is 107 Å². The second-order valence-corrected chi connectivity index (χ2v) is 9.98. The number of carboxylic acid groups (broad SMARTS) is 1. The summed E-state index contributed by atoms with van der Waals surface area (Å²) in [6.07, 6.45) is 0.290. The Kier molecular flexibility index (Phi) is 9.65. The van der Waals surface area contributed by atoms with Crippen molar-refractivity contribution in [1.29, 1.82) is 0 Å². The summed E-state index contributed by atoms with van der Waals surface area (Å²) in [4.78, 5) is 31.4. The van der Waals surface area contributed by atoms with Gasteiger partial charge in [-0.3, -0.25) is 4.79 Å². The third-order valence-electron chi connectivity index (χ3n) is 7.74. The van der Waals surface area contributed by atoms with Gasteiger partial charge in [0, 0.05) is 61.2 Å². The summed E-state index contributed by atoms with van der Waals surface area (Å²) < 4.78 is 0. The molecule has 41 heavy (non-hydrogen) atoms. The minimum absolute atomic E-state index is 0.0934. The highest BCUT2D eigenvalue weighted by Crippen LogP contribution is 2.37. The average molecular weight is 556 g/mol. The second-order valence-electron chi connectivity index (χ2n) is 9.98. The van der Waals surface area contributed by atoms with Crippen LogP contribution in [-0.4, -0.2) is 60.4 Å². The average Bonchev–Trinajstić information content (AvgIpc) is 3.32. The van der Waals surface area contributed by atoms with Gasteiger partial charge in [0.1, 0.15) is 0 Å². The van der Waals surface area contributed by atoms with Gasteiger partial charge in [0.15, 0.2) is 5.71 Å². The molecule has 1 aliphatic rings. The third-order valence-corrected chi connectivity index (χ3v) is 7.74. The van der Waals surface area contributed by atoms with Crippen molar-refractivity contribution in [3.05, 3.63) is 78.4 Å². The first-order valence-corrected chi connectivity index (χ1v) is 14.6. The van der Waals surface area contributed by atoms with Crippen molar-refractivity contribution in [2.24, 2.45) is 11.0 Å². The number of anilines is 5. The smallest absolute Gasteiger partial charge is 0.352 e. The molecule has 8 heteroatoms. The number of carbonyl (C=O) groups excluding carboxylic acids is 1. The van der Waals surface area contributed by atoms with Crippen LogP contribution in [0.25, 0.3) is 0 Å². The van der Waals surface area contributed by atoms with E-state index in [-0.39, 0.29) is 18.0 Å². The maximum atomic E-state index is 12.8. The maximum absolute atomic E-state index is 12.8. The number of aliphatic carboxylic acids is 1. The lowest BCUT2D eigenvalue weighted by atomic mass is 9.94. The minimum atomic E-state index is -1.15. The summed E-state index contributed by atoms with van der Waals surface area (Å²) in [7, 11) is 0. The molecule has 4 rings (SSSR count). The van der Waals surface area contributed by atoms with Crippen molar-refractivity contribution in [2.75, 3.05) is 47.4 Å². The van der Waals surface area contributed by atoms with Crippen molar-refractivity contribution in [2.45, 2.75) is 41.0 Å². The van der Waals surface area contributed by atoms with Gasteiger partial charge in [0.2, 0.25) is 0 Å². The standard InChI is InChI=1S/C33H41N5O3/c1-6-35(7-2)25-15-19-28(20-16-25)38(29-21-17-26(18-22-29)36(8-3)9-4)27-13-11-24(12-14-27)23-30-31(33(40)41)34-37(10-5)32(30)39/h11-22,30H,6-10,23H2,1-5H3,(H,40,41). The van der Waals surface area contributed by atoms with Gasteiger partial charge >= 0.3 is 5.97 Å². The van der Waals surface area contributed by atoms with E-state index in [4.69, 9.17) is 0 Å². The minimum Gasteiger partial charge on any atom is -0.477 e. The molecule has 1 amide bonds. The summed E-state index contributed by atoms with van der Waals surface area (Å²) in [5.41, 5.74) is 6.20. The molecule has 8 nitrogen and oxygen atoms in total. The molecule has 1 unspecified atom stereocenters. The van der Waals surface area contributed by atoms with Crippen LogP contribution in [-0.2, 0) is 16.0 Å². The van der Waals surface area contributed by atoms with E-state index in [2.05, 4.69) is 96.0 Å². The highest BCUT2D eigenvalue weighted by molar-refractivity contribution is 6.41. The Morgan fingerprint density at radius 2 is 1.10 bits per heavy atom. The molecular weight excluding hydrogens is 514 g/mol. The number of hydrogen-bond acceptors (Lipinski definition) is 6. The van der Waals surface area contributed by atoms with Crippen molar-refractivity contribution < 1.29 is 14.7 Å². The first-order chi connectivity index (χ1) is 19.8. The Morgan fingerprint density at radius 3 is 1.46 bits per heavy atom. The van der Waals surface area contributed by atoms with Gasteiger partial charge in [-0.15, -0.1) is 0 Å². The topological polar surface area (TPSA) is 79.7 Å². The zero-order valence-corrected chi connectivity index (χ0v) is 24.7. The van der Waals surface area contributed by atoms with Gasteiger partial charge in [-0.2, -0.15) is 5.10 Å². The van der Waals surface area contributed by atoms with E-state index in [9.17, 15) is 14.7 Å². The van der Waals surface area contributed by atoms with Crippen LogP contribution in [0.1, 0.15) is 40.2 Å². The van der Waals surface area contributed by atoms with Crippen LogP contribution in [0, 0.1) is 5.92 Å². The number of carboxylic acids is 1. The van der Waals surface area contributed by atoms with E-state index in [1.807, 2.05) is 24.3 Å². The first-order valence-electron chi connectivity index (χ1n) is 14.6. The number of hydrazone groups is 1. The lowest BCUT2D eigenvalue weighted by Crippen LogP contribution is -2.31. The SMILES string of the molecule is CCN1N=C(C(=O)O)C(Cc2ccc(N(c3ccc(N(CC)CC)cc3)c3ccc(N(CC)CC)cc3)cc2)C1=O. The van der Waals surface area contributed by atoms with E-state index in [1.54, 1.807) is 6.92 Å². The molecule has 3 aromatic rings. The Bertz CT molecular complexity index is 1290. The number of benzene rings is 3. The molecule has 0 bridgehead atoms. The molecule has 0 spiro atoms. The Morgan fingerprint density at radius 1 is 0.707 bits per heavy atom. The molecular formula is C33H41N5O3. The van der Waals surface area contributed by atoms with Crippen LogP contribution < -0.4 is 14.7 Å². The van der Waals surface area contributed by atoms with E-state index in [1.165, 1.54) is 16.4 Å². The predicted octanol–water partition coefficient (Wildman–Crippen LogP) is 6.31. The summed E-state index contributed by atoms with van der Waals surface area (Å²) in [6.45, 7) is 14.6. The highest BCUT2D eigenvalue weighted by atomic mass is 16.4. The molecule has 0 saturated carbocycles. The van der Waals surface area contributed by atoms with Crippen LogP contribution in [0.5, 0.6) is 0 Å². The molecule has 3 aromatic carbocycles. The lowest BCUT2D eigenvalue weighted by Gasteiger charge is -2.28. The van der Waals surface area contributed by atoms with E-state index >= 15 is 0 Å². The quantitative estimate of drug-likeness (QED) is 0.266. The molecule has 0 radical (unpaired) electrons. The number of amides is 1. The van der Waals surface area contributed by atoms with Gasteiger partial charge in [0.25, 0.3) is 5.91 Å². The van der Waals surface area contributed by atoms with Crippen molar-refractivity contribution in [3.8, 4) is 0 Å². The molecule has 1 heterocycles. The van der Waals surface area contributed by atoms with Crippen LogP contribution in [0.4, 0.5) is 28.4 Å². The summed E-state index contributed by atoms with van der Waals surface area (Å²) in [5.74, 6) is -2.20. The summed E-state index contributed by atoms with van der Waals surface area (Å²) >= 11 is 0. The fraction of sp³-hybridized carbons (Fsp3) is 0.364. The van der Waals surface area contributed by atoms with Gasteiger partial charge < -0.3 is 19.8 Å². The summed E-state index contributed by atoms with van der Waals surface area (Å²) in [5, 5.41) is 14.9. The molecule has 1 N–H and O–H groups in total. The largest absolute Gasteiger partial charge is 0.477 e. The molecule has 1 atom stereocenters. The predicted molar refractivity (Wildman–Crippen MR) is 168 cm³/mol. The normalized spacial score (nSPS) is 14.7. The van der Waals surface area contributed by atoms with E-state index in [0.29, 0.717) is 6.54 Å². The number of rotatable bonds is 13. The van der Waals surface area contributed by atoms with Crippen LogP contribution >= 0.6 is 0 Å². The van der Waals surface area contributed by atoms with E-state index < -0.39 is 11.9 Å². The fourth-order valence-electron chi connectivity index (χ4n) is 5.41. The Balaban J connectivity index is 1.66. The molecule has 1 aliphatic heterocycles. The van der Waals surface area contributed by atoms with Crippen molar-refractivity contribution in [3.63, 3.8) is 0 Å². The van der Waals surface area contributed by atoms with Crippen LogP contribution in [0.3, 0.4) is 0 Å². The molecule has 0 fully saturated rings. The van der Waals surface area contributed by atoms with Gasteiger partial charge in [-0.1, -0.05) is 12.1 Å². The summed E-state index contributed by atoms with van der Waals surface area (Å²) in [6, 6.07) is 25.2. The molecule has 0 aliphatic carbocycles. The lowest BCUT2D eigenvalue weighted by molar-refractivity contribution is -0.133. The number of hydrogen-bond donors (Lipinski definition) is 1.